The minimum atomic E-state index is 0.269. The highest BCUT2D eigenvalue weighted by Gasteiger charge is 2.18. The molecule has 1 N–H and O–H groups in total. The molecular weight excluding hydrogens is 254 g/mol. The van der Waals surface area contributed by atoms with E-state index in [0.29, 0.717) is 19.1 Å². The van der Waals surface area contributed by atoms with Gasteiger partial charge in [-0.3, -0.25) is 0 Å². The van der Waals surface area contributed by atoms with Crippen molar-refractivity contribution in [3.05, 3.63) is 29.8 Å². The van der Waals surface area contributed by atoms with Gasteiger partial charge in [0.15, 0.2) is 0 Å². The van der Waals surface area contributed by atoms with Gasteiger partial charge in [0.25, 0.3) is 0 Å². The average molecular weight is 279 g/mol. The van der Waals surface area contributed by atoms with Crippen LogP contribution in [0.5, 0.6) is 5.75 Å². The van der Waals surface area contributed by atoms with E-state index in [2.05, 4.69) is 31.3 Å². The van der Waals surface area contributed by atoms with E-state index in [0.717, 1.165) is 32.1 Å². The minimum absolute atomic E-state index is 0.269. The second-order valence-corrected chi connectivity index (χ2v) is 5.55. The summed E-state index contributed by atoms with van der Waals surface area (Å²) >= 11 is 0. The number of ether oxygens (including phenoxy) is 3. The maximum atomic E-state index is 5.70. The third kappa shape index (κ3) is 5.49. The molecule has 2 rings (SSSR count). The number of hydrogen-bond acceptors (Lipinski definition) is 4. The Morgan fingerprint density at radius 3 is 2.85 bits per heavy atom. The SMILES string of the molecule is CC(C)CNCc1cccc(OCCOC2COC2)c1. The van der Waals surface area contributed by atoms with E-state index in [1.807, 2.05) is 12.1 Å². The van der Waals surface area contributed by atoms with Gasteiger partial charge in [-0.15, -0.1) is 0 Å². The molecule has 0 aliphatic carbocycles. The van der Waals surface area contributed by atoms with Crippen LogP contribution in [0.4, 0.5) is 0 Å². The van der Waals surface area contributed by atoms with Crippen LogP contribution in [0.25, 0.3) is 0 Å². The van der Waals surface area contributed by atoms with Gasteiger partial charge in [0.05, 0.1) is 19.8 Å². The molecule has 0 unspecified atom stereocenters. The summed E-state index contributed by atoms with van der Waals surface area (Å²) in [6.07, 6.45) is 0.269. The Morgan fingerprint density at radius 2 is 2.15 bits per heavy atom. The largest absolute Gasteiger partial charge is 0.491 e. The van der Waals surface area contributed by atoms with Crippen LogP contribution < -0.4 is 10.1 Å². The summed E-state index contributed by atoms with van der Waals surface area (Å²) in [7, 11) is 0. The van der Waals surface area contributed by atoms with Crippen LogP contribution in [0.2, 0.25) is 0 Å². The van der Waals surface area contributed by atoms with Crippen molar-refractivity contribution in [1.29, 1.82) is 0 Å². The second-order valence-electron chi connectivity index (χ2n) is 5.55. The van der Waals surface area contributed by atoms with Crippen LogP contribution >= 0.6 is 0 Å². The Bertz CT molecular complexity index is 391. The topological polar surface area (TPSA) is 39.7 Å². The average Bonchev–Trinajstić information content (AvgIpc) is 2.36. The molecular formula is C16H25NO3. The van der Waals surface area contributed by atoms with Crippen molar-refractivity contribution in [3.8, 4) is 5.75 Å². The first-order valence-electron chi connectivity index (χ1n) is 7.36. The standard InChI is InChI=1S/C16H25NO3/c1-13(2)9-17-10-14-4-3-5-15(8-14)19-6-7-20-16-11-18-12-16/h3-5,8,13,16-17H,6-7,9-12H2,1-2H3. The van der Waals surface area contributed by atoms with Crippen LogP contribution in [-0.4, -0.2) is 39.1 Å². The van der Waals surface area contributed by atoms with Gasteiger partial charge in [-0.2, -0.15) is 0 Å². The lowest BCUT2D eigenvalue weighted by atomic mass is 10.2. The van der Waals surface area contributed by atoms with E-state index in [-0.39, 0.29) is 6.10 Å². The molecule has 20 heavy (non-hydrogen) atoms. The summed E-state index contributed by atoms with van der Waals surface area (Å²) in [6, 6.07) is 8.21. The van der Waals surface area contributed by atoms with Crippen molar-refractivity contribution in [2.24, 2.45) is 5.92 Å². The van der Waals surface area contributed by atoms with E-state index < -0.39 is 0 Å². The van der Waals surface area contributed by atoms with E-state index >= 15 is 0 Å². The molecule has 1 aliphatic rings. The fourth-order valence-electron chi connectivity index (χ4n) is 1.94. The second kappa shape index (κ2) is 8.25. The van der Waals surface area contributed by atoms with Gasteiger partial charge in [-0.1, -0.05) is 26.0 Å². The first kappa shape index (κ1) is 15.3. The van der Waals surface area contributed by atoms with Crippen molar-refractivity contribution in [2.45, 2.75) is 26.5 Å². The lowest BCUT2D eigenvalue weighted by molar-refractivity contribution is -0.132. The van der Waals surface area contributed by atoms with Gasteiger partial charge in [0, 0.05) is 6.54 Å². The first-order valence-corrected chi connectivity index (χ1v) is 7.36. The van der Waals surface area contributed by atoms with Gasteiger partial charge in [0.2, 0.25) is 0 Å². The molecule has 0 amide bonds. The molecule has 4 nitrogen and oxygen atoms in total. The van der Waals surface area contributed by atoms with Crippen molar-refractivity contribution in [1.82, 2.24) is 5.32 Å². The monoisotopic (exact) mass is 279 g/mol. The zero-order chi connectivity index (χ0) is 14.2. The van der Waals surface area contributed by atoms with E-state index in [4.69, 9.17) is 14.2 Å². The van der Waals surface area contributed by atoms with Crippen molar-refractivity contribution in [3.63, 3.8) is 0 Å². The third-order valence-corrected chi connectivity index (χ3v) is 3.09. The van der Waals surface area contributed by atoms with Gasteiger partial charge in [0.1, 0.15) is 18.5 Å². The number of benzene rings is 1. The van der Waals surface area contributed by atoms with Gasteiger partial charge >= 0.3 is 0 Å². The van der Waals surface area contributed by atoms with E-state index in [9.17, 15) is 0 Å². The van der Waals surface area contributed by atoms with Gasteiger partial charge in [-0.05, 0) is 30.2 Å². The molecule has 0 bridgehead atoms. The fraction of sp³-hybridized carbons (Fsp3) is 0.625. The third-order valence-electron chi connectivity index (χ3n) is 3.09. The summed E-state index contributed by atoms with van der Waals surface area (Å²) in [5.74, 6) is 1.57. The number of rotatable bonds is 9. The van der Waals surface area contributed by atoms with Crippen LogP contribution in [0.3, 0.4) is 0 Å². The van der Waals surface area contributed by atoms with Crippen LogP contribution in [0.1, 0.15) is 19.4 Å². The Labute approximate surface area is 121 Å². The summed E-state index contributed by atoms with van der Waals surface area (Å²) in [5.41, 5.74) is 1.25. The molecule has 4 heteroatoms. The molecule has 0 atom stereocenters. The highest BCUT2D eigenvalue weighted by atomic mass is 16.6. The molecule has 1 aliphatic heterocycles. The molecule has 1 saturated heterocycles. The van der Waals surface area contributed by atoms with Crippen molar-refractivity contribution >= 4 is 0 Å². The van der Waals surface area contributed by atoms with E-state index in [1.165, 1.54) is 5.56 Å². The molecule has 1 aromatic carbocycles. The molecule has 112 valence electrons. The Hall–Kier alpha value is -1.10. The van der Waals surface area contributed by atoms with Crippen molar-refractivity contribution in [2.75, 3.05) is 33.0 Å². The van der Waals surface area contributed by atoms with Crippen LogP contribution in [0, 0.1) is 5.92 Å². The zero-order valence-corrected chi connectivity index (χ0v) is 12.4. The molecule has 0 aromatic heterocycles. The highest BCUT2D eigenvalue weighted by molar-refractivity contribution is 5.28. The molecule has 0 saturated carbocycles. The minimum Gasteiger partial charge on any atom is -0.491 e. The molecule has 1 aromatic rings. The Kier molecular flexibility index (Phi) is 6.30. The summed E-state index contributed by atoms with van der Waals surface area (Å²) < 4.78 is 16.3. The lowest BCUT2D eigenvalue weighted by Crippen LogP contribution is -2.37. The number of hydrogen-bond donors (Lipinski definition) is 1. The van der Waals surface area contributed by atoms with Gasteiger partial charge < -0.3 is 19.5 Å². The van der Waals surface area contributed by atoms with E-state index in [1.54, 1.807) is 0 Å². The predicted molar refractivity (Wildman–Crippen MR) is 79.0 cm³/mol. The first-order chi connectivity index (χ1) is 9.74. The summed E-state index contributed by atoms with van der Waals surface area (Å²) in [5, 5.41) is 3.43. The molecule has 0 radical (unpaired) electrons. The molecule has 1 heterocycles. The van der Waals surface area contributed by atoms with Gasteiger partial charge in [-0.25, -0.2) is 0 Å². The van der Waals surface area contributed by atoms with Crippen LogP contribution in [-0.2, 0) is 16.0 Å². The lowest BCUT2D eigenvalue weighted by Gasteiger charge is -2.25. The highest BCUT2D eigenvalue weighted by Crippen LogP contribution is 2.13. The smallest absolute Gasteiger partial charge is 0.119 e. The zero-order valence-electron chi connectivity index (χ0n) is 12.4. The predicted octanol–water partition coefficient (Wildman–Crippen LogP) is 2.23. The number of nitrogens with one attached hydrogen (secondary N) is 1. The van der Waals surface area contributed by atoms with Crippen LogP contribution in [0.15, 0.2) is 24.3 Å². The summed E-state index contributed by atoms with van der Waals surface area (Å²) in [4.78, 5) is 0. The Morgan fingerprint density at radius 1 is 1.30 bits per heavy atom. The Balaban J connectivity index is 1.65. The van der Waals surface area contributed by atoms with Crippen molar-refractivity contribution < 1.29 is 14.2 Å². The normalized spacial score (nSPS) is 15.3. The fourth-order valence-corrected chi connectivity index (χ4v) is 1.94. The summed E-state index contributed by atoms with van der Waals surface area (Å²) in [6.45, 7) is 8.96. The maximum Gasteiger partial charge on any atom is 0.119 e. The maximum absolute atomic E-state index is 5.70. The molecule has 1 fully saturated rings. The quantitative estimate of drug-likeness (QED) is 0.704. The molecule has 0 spiro atoms.